The van der Waals surface area contributed by atoms with Gasteiger partial charge in [-0.2, -0.15) is 0 Å². The normalized spacial score (nSPS) is 56.6. The van der Waals surface area contributed by atoms with Crippen LogP contribution in [0.25, 0.3) is 0 Å². The standard InChI is InChI=1S/C35H58O16/c1-13-26(40)28(42)30(44)34(47-13)46-12-24-27(41)29(43)31(45)35(50-24)51-33-18-11-21(14-2-5-16(36)6-3-14)48-22-9-17(37)10-23(25(18)22)49-32(33)15-4-7-19(38)20(39)8-15/h13-45H,2-12H2,1H3/p+1/t13-,14?,15?,16?,17?,18?,19?,20?,21?,22?,23?,24-,25?,26-,27-,28+,29+,30+,31-,32?,33?,34+,35+/m1/s1. The molecule has 7 rings (SSSR count). The van der Waals surface area contributed by atoms with Crippen molar-refractivity contribution >= 4 is 0 Å². The van der Waals surface area contributed by atoms with Gasteiger partial charge in [0.15, 0.2) is 24.8 Å². The van der Waals surface area contributed by atoms with E-state index in [0.717, 1.165) is 12.8 Å². The molecule has 7 aliphatic rings. The molecule has 294 valence electrons. The lowest BCUT2D eigenvalue weighted by atomic mass is 9.63. The first kappa shape index (κ1) is 38.6. The predicted octanol–water partition coefficient (Wildman–Crippen LogP) is -3.08. The second-order valence-electron chi connectivity index (χ2n) is 16.4. The van der Waals surface area contributed by atoms with Crippen LogP contribution in [0.2, 0.25) is 0 Å². The largest absolute Gasteiger partial charge is 0.427 e. The fraction of sp³-hybridized carbons (Fsp3) is 1.00. The average molecular weight is 736 g/mol. The fourth-order valence-corrected chi connectivity index (χ4v) is 10.2. The lowest BCUT2D eigenvalue weighted by Crippen LogP contribution is -2.68. The van der Waals surface area contributed by atoms with Crippen LogP contribution in [0.3, 0.4) is 0 Å². The zero-order chi connectivity index (χ0) is 36.3. The molecule has 0 spiro atoms. The van der Waals surface area contributed by atoms with Crippen LogP contribution in [0.5, 0.6) is 0 Å². The van der Waals surface area contributed by atoms with Gasteiger partial charge in [0.25, 0.3) is 0 Å². The van der Waals surface area contributed by atoms with Crippen LogP contribution in [-0.4, -0.2) is 179 Å². The van der Waals surface area contributed by atoms with Gasteiger partial charge in [0, 0.05) is 24.7 Å². The Morgan fingerprint density at radius 1 is 0.588 bits per heavy atom. The van der Waals surface area contributed by atoms with E-state index in [1.54, 1.807) is 0 Å². The molecule has 11 unspecified atom stereocenters. The molecule has 11 N–H and O–H groups in total. The van der Waals surface area contributed by atoms with E-state index >= 15 is 0 Å². The second-order valence-corrected chi connectivity index (χ2v) is 16.4. The highest BCUT2D eigenvalue weighted by Crippen LogP contribution is 2.51. The van der Waals surface area contributed by atoms with Gasteiger partial charge in [-0.1, -0.05) is 0 Å². The van der Waals surface area contributed by atoms with Crippen LogP contribution in [0.1, 0.15) is 71.1 Å². The Morgan fingerprint density at radius 2 is 1.27 bits per heavy atom. The maximum absolute atomic E-state index is 11.2. The quantitative estimate of drug-likeness (QED) is 0.116. The lowest BCUT2D eigenvalue weighted by Gasteiger charge is -2.56. The molecule has 16 nitrogen and oxygen atoms in total. The minimum atomic E-state index is -1.70. The van der Waals surface area contributed by atoms with Crippen molar-refractivity contribution in [2.45, 2.75) is 187 Å². The predicted molar refractivity (Wildman–Crippen MR) is 172 cm³/mol. The number of ether oxygens (including phenoxy) is 6. The molecule has 0 aromatic rings. The molecule has 51 heavy (non-hydrogen) atoms. The van der Waals surface area contributed by atoms with Crippen LogP contribution in [0, 0.1) is 23.7 Å². The van der Waals surface area contributed by atoms with Gasteiger partial charge in [0.1, 0.15) is 48.8 Å². The van der Waals surface area contributed by atoms with E-state index in [9.17, 15) is 51.1 Å². The first-order chi connectivity index (χ1) is 24.3. The third-order valence-corrected chi connectivity index (χ3v) is 13.1. The maximum atomic E-state index is 11.2. The second kappa shape index (κ2) is 15.8. The molecule has 16 heteroatoms. The first-order valence-electron chi connectivity index (χ1n) is 19.0. The monoisotopic (exact) mass is 735 g/mol. The molecule has 3 saturated carbocycles. The summed E-state index contributed by atoms with van der Waals surface area (Å²) in [5.41, 5.74) is 0. The summed E-state index contributed by atoms with van der Waals surface area (Å²) >= 11 is 0. The van der Waals surface area contributed by atoms with Crippen LogP contribution in [-0.2, 0) is 23.7 Å². The van der Waals surface area contributed by atoms with Crippen LogP contribution >= 0.6 is 0 Å². The van der Waals surface area contributed by atoms with Gasteiger partial charge in [-0.15, -0.1) is 0 Å². The summed E-state index contributed by atoms with van der Waals surface area (Å²) in [5, 5.41) is 106. The summed E-state index contributed by atoms with van der Waals surface area (Å²) in [4.78, 5) is 0. The van der Waals surface area contributed by atoms with E-state index < -0.39 is 98.5 Å². The van der Waals surface area contributed by atoms with E-state index in [2.05, 4.69) is 0 Å². The molecule has 0 aromatic heterocycles. The molecular weight excluding hydrogens is 676 g/mol. The highest BCUT2D eigenvalue weighted by atomic mass is 16.7. The SMILES string of the molecule is C[C@H]1O[C@H](OC[C@H]2O[C@@H](OC3C4CC(C5CCC(O)CC5)OC5CC(O)CC([OH+]C3C3CCC(O)C(O)C3)C54)[C@H](O)[C@@H](O)[C@@H]2O)[C@@H](O)[C@@H](O)[C@@H]1O. The molecule has 4 aliphatic heterocycles. The minimum Gasteiger partial charge on any atom is -0.427 e. The number of aliphatic hydroxyl groups excluding tert-OH is 10. The van der Waals surface area contributed by atoms with Crippen molar-refractivity contribution in [1.29, 1.82) is 0 Å². The zero-order valence-corrected chi connectivity index (χ0v) is 29.0. The molecule has 21 atom stereocenters. The third-order valence-electron chi connectivity index (χ3n) is 13.1. The van der Waals surface area contributed by atoms with Crippen molar-refractivity contribution in [1.82, 2.24) is 0 Å². The zero-order valence-electron chi connectivity index (χ0n) is 29.0. The van der Waals surface area contributed by atoms with Crippen LogP contribution in [0.4, 0.5) is 0 Å². The number of rotatable bonds is 7. The summed E-state index contributed by atoms with van der Waals surface area (Å²) in [6, 6.07) is 0. The Morgan fingerprint density at radius 3 is 2.00 bits per heavy atom. The number of hydrogen-bond acceptors (Lipinski definition) is 15. The highest BCUT2D eigenvalue weighted by Gasteiger charge is 2.62. The van der Waals surface area contributed by atoms with E-state index in [1.807, 2.05) is 0 Å². The van der Waals surface area contributed by atoms with Crippen molar-refractivity contribution < 1.29 is 79.5 Å². The van der Waals surface area contributed by atoms with E-state index in [1.165, 1.54) is 6.92 Å². The van der Waals surface area contributed by atoms with Gasteiger partial charge in [0.05, 0.1) is 55.3 Å². The van der Waals surface area contributed by atoms with Gasteiger partial charge in [-0.05, 0) is 64.2 Å². The Balaban J connectivity index is 1.14. The van der Waals surface area contributed by atoms with Gasteiger partial charge in [0.2, 0.25) is 0 Å². The lowest BCUT2D eigenvalue weighted by molar-refractivity contribution is -0.383. The Kier molecular flexibility index (Phi) is 12.0. The number of hydrogen-bond donors (Lipinski definition) is 10. The fourth-order valence-electron chi connectivity index (χ4n) is 10.2. The van der Waals surface area contributed by atoms with Crippen molar-refractivity contribution in [3.05, 3.63) is 0 Å². The molecule has 7 fully saturated rings. The van der Waals surface area contributed by atoms with Crippen molar-refractivity contribution in [2.24, 2.45) is 23.7 Å². The summed E-state index contributed by atoms with van der Waals surface area (Å²) in [7, 11) is 0. The van der Waals surface area contributed by atoms with Crippen molar-refractivity contribution in [2.75, 3.05) is 6.61 Å². The Labute approximate surface area is 297 Å². The van der Waals surface area contributed by atoms with Crippen molar-refractivity contribution in [3.63, 3.8) is 0 Å². The summed E-state index contributed by atoms with van der Waals surface area (Å²) in [6.07, 6.45) is -13.3. The topological polar surface area (TPSA) is 261 Å². The van der Waals surface area contributed by atoms with Gasteiger partial charge < -0.3 is 79.5 Å². The van der Waals surface area contributed by atoms with Gasteiger partial charge >= 0.3 is 0 Å². The third kappa shape index (κ3) is 7.77. The molecular formula is C35H59O16+. The minimum absolute atomic E-state index is 0.108. The maximum Gasteiger partial charge on any atom is 0.187 e. The summed E-state index contributed by atoms with van der Waals surface area (Å²) < 4.78 is 36.1. The smallest absolute Gasteiger partial charge is 0.187 e. The summed E-state index contributed by atoms with van der Waals surface area (Å²) in [5.74, 6) is -0.268. The molecule has 0 aromatic carbocycles. The average Bonchev–Trinajstić information content (AvgIpc) is 3.11. The van der Waals surface area contributed by atoms with Crippen molar-refractivity contribution in [3.8, 4) is 0 Å². The first-order valence-corrected chi connectivity index (χ1v) is 19.0. The van der Waals surface area contributed by atoms with Crippen LogP contribution < -0.4 is 0 Å². The molecule has 0 bridgehead atoms. The Hall–Kier alpha value is -0.640. The van der Waals surface area contributed by atoms with Gasteiger partial charge in [-0.3, -0.25) is 0 Å². The number of aliphatic hydroxyl groups is 12. The molecule has 3 aliphatic carbocycles. The highest BCUT2D eigenvalue weighted by molar-refractivity contribution is 5.06. The van der Waals surface area contributed by atoms with Crippen LogP contribution in [0.15, 0.2) is 0 Å². The molecule has 4 heterocycles. The Bertz CT molecular complexity index is 1140. The molecule has 0 amide bonds. The van der Waals surface area contributed by atoms with E-state index in [4.69, 9.17) is 28.4 Å². The molecule has 0 radical (unpaired) electrons. The van der Waals surface area contributed by atoms with E-state index in [0.29, 0.717) is 44.9 Å². The molecule has 4 saturated heterocycles. The van der Waals surface area contributed by atoms with Gasteiger partial charge in [-0.25, -0.2) is 0 Å². The summed E-state index contributed by atoms with van der Waals surface area (Å²) in [6.45, 7) is 1.08. The van der Waals surface area contributed by atoms with E-state index in [-0.39, 0.29) is 54.5 Å².